The molecule has 1 aliphatic carbocycles. The third-order valence-corrected chi connectivity index (χ3v) is 5.93. The molecule has 0 spiro atoms. The van der Waals surface area contributed by atoms with Crippen LogP contribution in [0.4, 0.5) is 0 Å². The van der Waals surface area contributed by atoms with Gasteiger partial charge in [0, 0.05) is 0 Å². The third-order valence-electron chi connectivity index (χ3n) is 5.93. The molecule has 1 aliphatic heterocycles. The Balaban J connectivity index is 2.18. The Labute approximate surface area is 162 Å². The van der Waals surface area contributed by atoms with E-state index in [9.17, 15) is 20.4 Å². The Hall–Kier alpha value is -0.760. The van der Waals surface area contributed by atoms with Crippen molar-refractivity contribution in [3.8, 4) is 0 Å². The van der Waals surface area contributed by atoms with Crippen molar-refractivity contribution in [3.05, 3.63) is 23.3 Å². The molecule has 4 N–H and O–H groups in total. The van der Waals surface area contributed by atoms with Gasteiger partial charge in [-0.15, -0.1) is 0 Å². The van der Waals surface area contributed by atoms with E-state index >= 15 is 0 Å². The molecule has 0 radical (unpaired) electrons. The average Bonchev–Trinajstić information content (AvgIpc) is 2.62. The van der Waals surface area contributed by atoms with Gasteiger partial charge in [-0.25, -0.2) is 0 Å². The second kappa shape index (κ2) is 9.63. The lowest BCUT2D eigenvalue weighted by molar-refractivity contribution is -0.331. The lowest BCUT2D eigenvalue weighted by atomic mass is 9.76. The molecule has 0 amide bonds. The molecule has 6 heteroatoms. The van der Waals surface area contributed by atoms with Gasteiger partial charge < -0.3 is 29.9 Å². The Kier molecular flexibility index (Phi) is 8.04. The molecule has 6 nitrogen and oxygen atoms in total. The first-order chi connectivity index (χ1) is 12.7. The summed E-state index contributed by atoms with van der Waals surface area (Å²) in [4.78, 5) is 0. The average molecular weight is 385 g/mol. The molecule has 0 aromatic carbocycles. The van der Waals surface area contributed by atoms with Gasteiger partial charge >= 0.3 is 0 Å². The maximum atomic E-state index is 10.4. The van der Waals surface area contributed by atoms with Crippen LogP contribution in [0.2, 0.25) is 0 Å². The van der Waals surface area contributed by atoms with Crippen molar-refractivity contribution >= 4 is 0 Å². The summed E-state index contributed by atoms with van der Waals surface area (Å²) in [5.41, 5.74) is 2.06. The zero-order chi connectivity index (χ0) is 20.2. The summed E-state index contributed by atoms with van der Waals surface area (Å²) in [6, 6.07) is 0. The number of aliphatic hydroxyl groups is 4. The summed E-state index contributed by atoms with van der Waals surface area (Å²) >= 11 is 0. The highest BCUT2D eigenvalue weighted by Gasteiger charge is 2.47. The van der Waals surface area contributed by atoms with Crippen LogP contribution in [0, 0.1) is 5.92 Å². The number of allylic oxidation sites excluding steroid dienone is 4. The fourth-order valence-corrected chi connectivity index (χ4v) is 3.96. The minimum atomic E-state index is -1.42. The highest BCUT2D eigenvalue weighted by Crippen LogP contribution is 2.40. The number of hydrogen-bond acceptors (Lipinski definition) is 6. The van der Waals surface area contributed by atoms with Gasteiger partial charge in [-0.3, -0.25) is 0 Å². The SMILES string of the molecule is CC(C)=CCC[C@](C)(O[C@H]1O[C@H](CO)[C@@H](O)[C@H](O)[C@@H]1O)[C@H]1CC=C(C)CC1. The molecular formula is C21H36O6. The second-order valence-electron chi connectivity index (χ2n) is 8.47. The smallest absolute Gasteiger partial charge is 0.187 e. The first kappa shape index (κ1) is 22.5. The van der Waals surface area contributed by atoms with Crippen LogP contribution in [-0.2, 0) is 9.47 Å². The van der Waals surface area contributed by atoms with E-state index in [1.165, 1.54) is 11.1 Å². The fraction of sp³-hybridized carbons (Fsp3) is 0.810. The van der Waals surface area contributed by atoms with Crippen molar-refractivity contribution in [1.82, 2.24) is 0 Å². The highest BCUT2D eigenvalue weighted by molar-refractivity contribution is 5.07. The maximum absolute atomic E-state index is 10.4. The highest BCUT2D eigenvalue weighted by atomic mass is 16.7. The molecule has 0 unspecified atom stereocenters. The van der Waals surface area contributed by atoms with Crippen LogP contribution in [0.15, 0.2) is 23.3 Å². The lowest BCUT2D eigenvalue weighted by Gasteiger charge is -2.46. The van der Waals surface area contributed by atoms with Gasteiger partial charge in [-0.1, -0.05) is 23.3 Å². The third kappa shape index (κ3) is 5.62. The first-order valence-corrected chi connectivity index (χ1v) is 9.95. The number of rotatable bonds is 7. The molecule has 7 atom stereocenters. The van der Waals surface area contributed by atoms with Crippen LogP contribution in [0.3, 0.4) is 0 Å². The van der Waals surface area contributed by atoms with Crippen molar-refractivity contribution in [2.75, 3.05) is 6.61 Å². The van der Waals surface area contributed by atoms with Gasteiger partial charge in [-0.05, 0) is 65.7 Å². The molecule has 27 heavy (non-hydrogen) atoms. The van der Waals surface area contributed by atoms with Crippen LogP contribution in [-0.4, -0.2) is 63.3 Å². The molecule has 156 valence electrons. The summed E-state index contributed by atoms with van der Waals surface area (Å²) in [6.45, 7) is 7.83. The maximum Gasteiger partial charge on any atom is 0.187 e. The van der Waals surface area contributed by atoms with Crippen molar-refractivity contribution in [2.24, 2.45) is 5.92 Å². The van der Waals surface area contributed by atoms with Crippen molar-refractivity contribution < 1.29 is 29.9 Å². The minimum Gasteiger partial charge on any atom is -0.394 e. The normalized spacial score (nSPS) is 36.7. The molecule has 1 heterocycles. The lowest BCUT2D eigenvalue weighted by Crippen LogP contribution is -2.61. The minimum absolute atomic E-state index is 0.263. The monoisotopic (exact) mass is 384 g/mol. The molecule has 1 fully saturated rings. The summed E-state index contributed by atoms with van der Waals surface area (Å²) in [5.74, 6) is 0.263. The zero-order valence-electron chi connectivity index (χ0n) is 17.0. The Bertz CT molecular complexity index is 539. The Morgan fingerprint density at radius 3 is 2.52 bits per heavy atom. The molecule has 0 saturated carbocycles. The van der Waals surface area contributed by atoms with E-state index in [0.29, 0.717) is 0 Å². The van der Waals surface area contributed by atoms with Gasteiger partial charge in [0.25, 0.3) is 0 Å². The predicted molar refractivity (Wildman–Crippen MR) is 103 cm³/mol. The second-order valence-corrected chi connectivity index (χ2v) is 8.47. The van der Waals surface area contributed by atoms with Gasteiger partial charge in [0.2, 0.25) is 0 Å². The van der Waals surface area contributed by atoms with E-state index in [0.717, 1.165) is 32.1 Å². The van der Waals surface area contributed by atoms with Gasteiger partial charge in [0.05, 0.1) is 12.2 Å². The van der Waals surface area contributed by atoms with Crippen LogP contribution < -0.4 is 0 Å². The van der Waals surface area contributed by atoms with Crippen LogP contribution in [0.1, 0.15) is 59.8 Å². The van der Waals surface area contributed by atoms with E-state index in [2.05, 4.69) is 32.9 Å². The number of ether oxygens (including phenoxy) is 2. The molecule has 1 saturated heterocycles. The topological polar surface area (TPSA) is 99.4 Å². The number of aliphatic hydroxyl groups excluding tert-OH is 4. The van der Waals surface area contributed by atoms with E-state index in [-0.39, 0.29) is 5.92 Å². The summed E-state index contributed by atoms with van der Waals surface area (Å²) < 4.78 is 11.9. The molecule has 2 aliphatic rings. The Morgan fingerprint density at radius 1 is 1.26 bits per heavy atom. The molecule has 0 bridgehead atoms. The first-order valence-electron chi connectivity index (χ1n) is 9.95. The van der Waals surface area contributed by atoms with Crippen molar-refractivity contribution in [2.45, 2.75) is 96.1 Å². The molecule has 0 aromatic heterocycles. The van der Waals surface area contributed by atoms with Crippen LogP contribution >= 0.6 is 0 Å². The quantitative estimate of drug-likeness (QED) is 0.502. The largest absolute Gasteiger partial charge is 0.394 e. The van der Waals surface area contributed by atoms with E-state index in [1.807, 2.05) is 6.92 Å². The van der Waals surface area contributed by atoms with E-state index in [4.69, 9.17) is 9.47 Å². The van der Waals surface area contributed by atoms with E-state index < -0.39 is 42.9 Å². The standard InChI is InChI=1S/C21H36O6/c1-13(2)6-5-11-21(4,15-9-7-14(3)8-10-15)27-20-19(25)18(24)17(23)16(12-22)26-20/h6-7,15-20,22-25H,5,8-12H2,1-4H3/t15-,16+,17+,18-,19-,20+,21-/m0/s1. The fourth-order valence-electron chi connectivity index (χ4n) is 3.96. The van der Waals surface area contributed by atoms with Gasteiger partial charge in [-0.2, -0.15) is 0 Å². The number of hydrogen-bond donors (Lipinski definition) is 4. The van der Waals surface area contributed by atoms with Gasteiger partial charge in [0.15, 0.2) is 6.29 Å². The van der Waals surface area contributed by atoms with E-state index in [1.54, 1.807) is 0 Å². The molecular weight excluding hydrogens is 348 g/mol. The predicted octanol–water partition coefficient (Wildman–Crippen LogP) is 2.05. The van der Waals surface area contributed by atoms with Crippen molar-refractivity contribution in [3.63, 3.8) is 0 Å². The van der Waals surface area contributed by atoms with Gasteiger partial charge in [0.1, 0.15) is 24.4 Å². The molecule has 2 rings (SSSR count). The summed E-state index contributed by atoms with van der Waals surface area (Å²) in [5, 5.41) is 39.8. The van der Waals surface area contributed by atoms with Crippen LogP contribution in [0.5, 0.6) is 0 Å². The van der Waals surface area contributed by atoms with Crippen molar-refractivity contribution in [1.29, 1.82) is 0 Å². The summed E-state index contributed by atoms with van der Waals surface area (Å²) in [7, 11) is 0. The Morgan fingerprint density at radius 2 is 1.96 bits per heavy atom. The van der Waals surface area contributed by atoms with Crippen LogP contribution in [0.25, 0.3) is 0 Å². The summed E-state index contributed by atoms with van der Waals surface area (Å²) in [6.07, 6.45) is 2.70. The molecule has 0 aromatic rings. The zero-order valence-corrected chi connectivity index (χ0v) is 17.0.